The molecule has 1 radical (unpaired) electrons. The topological polar surface area (TPSA) is 17.8 Å². The largest absolute Gasteiger partial charge is 0.339 e. The van der Waals surface area contributed by atoms with Gasteiger partial charge in [-0.3, -0.25) is 4.98 Å². The van der Waals surface area contributed by atoms with E-state index in [9.17, 15) is 0 Å². The van der Waals surface area contributed by atoms with Gasteiger partial charge in [0.2, 0.25) is 0 Å². The average molecular weight is 237 g/mol. The molecule has 3 rings (SSSR count). The molecule has 2 heteroatoms. The van der Waals surface area contributed by atoms with E-state index in [1.807, 2.05) is 6.20 Å². The second-order valence-electron chi connectivity index (χ2n) is 4.68. The molecule has 0 saturated carbocycles. The summed E-state index contributed by atoms with van der Waals surface area (Å²) in [4.78, 5) is 4.34. The summed E-state index contributed by atoms with van der Waals surface area (Å²) in [6, 6.07) is 10.6. The highest BCUT2D eigenvalue weighted by molar-refractivity contribution is 6.08. The minimum absolute atomic E-state index is 0.875. The van der Waals surface area contributed by atoms with E-state index in [2.05, 4.69) is 53.7 Å². The van der Waals surface area contributed by atoms with Crippen LogP contribution in [-0.2, 0) is 6.54 Å². The Hall–Kier alpha value is -1.83. The number of aryl methyl sites for hydroxylation is 1. The Morgan fingerprint density at radius 3 is 2.83 bits per heavy atom. The molecule has 0 amide bonds. The van der Waals surface area contributed by atoms with E-state index in [4.69, 9.17) is 0 Å². The summed E-state index contributed by atoms with van der Waals surface area (Å²) in [6.07, 6.45) is 4.23. The van der Waals surface area contributed by atoms with Crippen LogP contribution < -0.4 is 0 Å². The van der Waals surface area contributed by atoms with Gasteiger partial charge in [0.15, 0.2) is 0 Å². The van der Waals surface area contributed by atoms with E-state index in [0.29, 0.717) is 0 Å². The minimum Gasteiger partial charge on any atom is -0.339 e. The van der Waals surface area contributed by atoms with Gasteiger partial charge in [0.25, 0.3) is 0 Å². The summed E-state index contributed by atoms with van der Waals surface area (Å²) < 4.78 is 2.36. The van der Waals surface area contributed by atoms with Gasteiger partial charge >= 0.3 is 0 Å². The van der Waals surface area contributed by atoms with Gasteiger partial charge in [-0.25, -0.2) is 0 Å². The van der Waals surface area contributed by atoms with Crippen molar-refractivity contribution in [3.63, 3.8) is 0 Å². The molecule has 0 N–H and O–H groups in total. The van der Waals surface area contributed by atoms with E-state index in [0.717, 1.165) is 12.2 Å². The Morgan fingerprint density at radius 2 is 2.00 bits per heavy atom. The molecule has 91 valence electrons. The highest BCUT2D eigenvalue weighted by atomic mass is 15.0. The summed E-state index contributed by atoms with van der Waals surface area (Å²) in [5, 5.41) is 2.57. The van der Waals surface area contributed by atoms with E-state index in [1.54, 1.807) is 0 Å². The van der Waals surface area contributed by atoms with Crippen LogP contribution in [0.25, 0.3) is 21.8 Å². The van der Waals surface area contributed by atoms with Crippen LogP contribution in [-0.4, -0.2) is 9.55 Å². The molecule has 0 fully saturated rings. The maximum atomic E-state index is 4.34. The maximum absolute atomic E-state index is 4.34. The van der Waals surface area contributed by atoms with Crippen molar-refractivity contribution >= 4 is 21.8 Å². The fourth-order valence-electron chi connectivity index (χ4n) is 2.62. The number of benzene rings is 1. The van der Waals surface area contributed by atoms with E-state index >= 15 is 0 Å². The fourth-order valence-corrected chi connectivity index (χ4v) is 2.62. The van der Waals surface area contributed by atoms with Gasteiger partial charge in [0.05, 0.1) is 11.2 Å². The lowest BCUT2D eigenvalue weighted by molar-refractivity contribution is 0.664. The van der Waals surface area contributed by atoms with Crippen LogP contribution in [0.2, 0.25) is 0 Å². The lowest BCUT2D eigenvalue weighted by Crippen LogP contribution is -1.99. The molecule has 3 aromatic rings. The van der Waals surface area contributed by atoms with Gasteiger partial charge in [-0.05, 0) is 25.5 Å². The third-order valence-electron chi connectivity index (χ3n) is 3.49. The Balaban J connectivity index is 2.39. The van der Waals surface area contributed by atoms with Gasteiger partial charge in [-0.1, -0.05) is 31.5 Å². The maximum Gasteiger partial charge on any atom is 0.0710 e. The van der Waals surface area contributed by atoms with Gasteiger partial charge in [-0.2, -0.15) is 0 Å². The van der Waals surface area contributed by atoms with Crippen molar-refractivity contribution in [2.24, 2.45) is 0 Å². The van der Waals surface area contributed by atoms with Crippen LogP contribution in [0.15, 0.2) is 36.5 Å². The molecule has 18 heavy (non-hydrogen) atoms. The molecular weight excluding hydrogens is 220 g/mol. The molecule has 0 aliphatic rings. The standard InChI is InChI=1S/C16H17N2/c1-3-4-11-18-15-8-6-5-7-13(15)14-9-10-17-12(2)16(14)18/h5-10H,2-4,11H2,1H3. The van der Waals surface area contributed by atoms with Crippen molar-refractivity contribution in [1.82, 2.24) is 9.55 Å². The smallest absolute Gasteiger partial charge is 0.0710 e. The lowest BCUT2D eigenvalue weighted by atomic mass is 10.2. The summed E-state index contributed by atoms with van der Waals surface area (Å²) in [5.41, 5.74) is 3.35. The first kappa shape index (κ1) is 11.3. The van der Waals surface area contributed by atoms with Crippen molar-refractivity contribution < 1.29 is 0 Å². The summed E-state index contributed by atoms with van der Waals surface area (Å²) in [7, 11) is 0. The Labute approximate surface area is 107 Å². The molecule has 0 bridgehead atoms. The van der Waals surface area contributed by atoms with Crippen molar-refractivity contribution in [3.8, 4) is 0 Å². The van der Waals surface area contributed by atoms with Crippen molar-refractivity contribution in [1.29, 1.82) is 0 Å². The van der Waals surface area contributed by atoms with Gasteiger partial charge in [-0.15, -0.1) is 0 Å². The normalized spacial score (nSPS) is 11.4. The predicted molar refractivity (Wildman–Crippen MR) is 76.6 cm³/mol. The van der Waals surface area contributed by atoms with E-state index in [1.165, 1.54) is 34.6 Å². The fraction of sp³-hybridized carbons (Fsp3) is 0.250. The molecule has 0 aliphatic heterocycles. The van der Waals surface area contributed by atoms with Crippen LogP contribution >= 0.6 is 0 Å². The molecule has 0 saturated heterocycles. The van der Waals surface area contributed by atoms with Gasteiger partial charge in [0, 0.05) is 29.0 Å². The highest BCUT2D eigenvalue weighted by Gasteiger charge is 2.11. The van der Waals surface area contributed by atoms with Crippen LogP contribution in [0, 0.1) is 6.92 Å². The number of pyridine rings is 1. The number of aromatic nitrogens is 2. The summed E-state index contributed by atoms with van der Waals surface area (Å²) in [5.74, 6) is 0. The zero-order valence-electron chi connectivity index (χ0n) is 10.7. The number of para-hydroxylation sites is 1. The zero-order chi connectivity index (χ0) is 12.5. The predicted octanol–water partition coefficient (Wildman–Crippen LogP) is 4.17. The molecule has 2 nitrogen and oxygen atoms in total. The van der Waals surface area contributed by atoms with Crippen LogP contribution in [0.5, 0.6) is 0 Å². The second kappa shape index (κ2) is 4.45. The number of rotatable bonds is 3. The third kappa shape index (κ3) is 1.60. The highest BCUT2D eigenvalue weighted by Crippen LogP contribution is 2.30. The molecular formula is C16H17N2. The molecule has 1 aromatic carbocycles. The number of hydrogen-bond donors (Lipinski definition) is 0. The van der Waals surface area contributed by atoms with Crippen molar-refractivity contribution in [3.05, 3.63) is 49.1 Å². The molecule has 0 atom stereocenters. The molecule has 0 aliphatic carbocycles. The number of nitrogens with zero attached hydrogens (tertiary/aromatic N) is 2. The van der Waals surface area contributed by atoms with Crippen molar-refractivity contribution in [2.75, 3.05) is 0 Å². The monoisotopic (exact) mass is 237 g/mol. The Kier molecular flexibility index (Phi) is 2.78. The Bertz CT molecular complexity index is 695. The zero-order valence-corrected chi connectivity index (χ0v) is 10.7. The molecule has 2 aromatic heterocycles. The number of fused-ring (bicyclic) bond motifs is 3. The summed E-state index contributed by atoms with van der Waals surface area (Å²) in [6.45, 7) is 7.34. The van der Waals surface area contributed by atoms with Crippen LogP contribution in [0.3, 0.4) is 0 Å². The summed E-state index contributed by atoms with van der Waals surface area (Å²) >= 11 is 0. The van der Waals surface area contributed by atoms with E-state index in [-0.39, 0.29) is 0 Å². The molecule has 0 spiro atoms. The van der Waals surface area contributed by atoms with Gasteiger partial charge < -0.3 is 4.57 Å². The van der Waals surface area contributed by atoms with Crippen LogP contribution in [0.4, 0.5) is 0 Å². The average Bonchev–Trinajstić information content (AvgIpc) is 2.72. The second-order valence-corrected chi connectivity index (χ2v) is 4.68. The first-order valence-electron chi connectivity index (χ1n) is 6.51. The molecule has 0 unspecified atom stereocenters. The third-order valence-corrected chi connectivity index (χ3v) is 3.49. The number of unbranched alkanes of at least 4 members (excludes halogenated alkanes) is 1. The Morgan fingerprint density at radius 1 is 1.17 bits per heavy atom. The first-order valence-corrected chi connectivity index (χ1v) is 6.51. The minimum atomic E-state index is 0.875. The SMILES string of the molecule is [CH2]c1nccc2c3ccccc3n(CCCC)c12. The van der Waals surface area contributed by atoms with Crippen molar-refractivity contribution in [2.45, 2.75) is 26.3 Å². The van der Waals surface area contributed by atoms with Gasteiger partial charge in [0.1, 0.15) is 0 Å². The molecule has 2 heterocycles. The van der Waals surface area contributed by atoms with E-state index < -0.39 is 0 Å². The van der Waals surface area contributed by atoms with Crippen LogP contribution in [0.1, 0.15) is 25.5 Å². The quantitative estimate of drug-likeness (QED) is 0.668. The number of hydrogen-bond acceptors (Lipinski definition) is 1. The first-order chi connectivity index (χ1) is 8.83. The lowest BCUT2D eigenvalue weighted by Gasteiger charge is -2.07.